The predicted octanol–water partition coefficient (Wildman–Crippen LogP) is 2.47. The van der Waals surface area contributed by atoms with Crippen LogP contribution in [0.15, 0.2) is 36.2 Å². The molecule has 2 nitrogen and oxygen atoms in total. The van der Waals surface area contributed by atoms with Crippen molar-refractivity contribution in [1.29, 1.82) is 0 Å². The zero-order valence-electron chi connectivity index (χ0n) is 8.57. The van der Waals surface area contributed by atoms with Crippen LogP contribution in [0, 0.1) is 0 Å². The fraction of sp³-hybridized carbons (Fsp3) is 0.273. The highest BCUT2D eigenvalue weighted by atomic mass is 35.5. The highest BCUT2D eigenvalue weighted by Crippen LogP contribution is 2.14. The Morgan fingerprint density at radius 2 is 2.00 bits per heavy atom. The molecule has 2 N–H and O–H groups in total. The maximum Gasteiger partial charge on any atom is 0.118 e. The molecule has 0 aliphatic heterocycles. The molecule has 0 atom stereocenters. The van der Waals surface area contributed by atoms with Crippen molar-refractivity contribution in [3.05, 3.63) is 41.7 Å². The number of hydrogen-bond acceptors (Lipinski definition) is 2. The van der Waals surface area contributed by atoms with Crippen molar-refractivity contribution in [2.24, 2.45) is 5.73 Å². The lowest BCUT2D eigenvalue weighted by Crippen LogP contribution is -2.05. The lowest BCUT2D eigenvalue weighted by molar-refractivity contribution is 0.414. The maximum absolute atomic E-state index is 12.2. The summed E-state index contributed by atoms with van der Waals surface area (Å²) in [6.07, 6.45) is 1.13. The first-order chi connectivity index (χ1) is 6.80. The van der Waals surface area contributed by atoms with Gasteiger partial charge in [0.25, 0.3) is 0 Å². The van der Waals surface area contributed by atoms with Crippen LogP contribution in [0.5, 0.6) is 5.75 Å². The van der Waals surface area contributed by atoms with Gasteiger partial charge in [0, 0.05) is 6.54 Å². The van der Waals surface area contributed by atoms with E-state index in [-0.39, 0.29) is 19.0 Å². The van der Waals surface area contributed by atoms with Gasteiger partial charge in [-0.1, -0.05) is 12.1 Å². The average molecular weight is 232 g/mol. The first-order valence-electron chi connectivity index (χ1n) is 4.41. The molecule has 0 unspecified atom stereocenters. The maximum atomic E-state index is 12.2. The number of methoxy groups -OCH3 is 1. The Hall–Kier alpha value is -1.06. The van der Waals surface area contributed by atoms with Crippen molar-refractivity contribution >= 4 is 12.4 Å². The number of hydrogen-bond donors (Lipinski definition) is 1. The Morgan fingerprint density at radius 3 is 2.40 bits per heavy atom. The summed E-state index contributed by atoms with van der Waals surface area (Å²) in [5, 5.41) is 0. The van der Waals surface area contributed by atoms with E-state index < -0.39 is 0 Å². The van der Waals surface area contributed by atoms with Gasteiger partial charge in [-0.15, -0.1) is 12.4 Å². The monoisotopic (exact) mass is 231 g/mol. The number of halogens is 2. The molecule has 0 radical (unpaired) electrons. The second-order valence-electron chi connectivity index (χ2n) is 3.00. The zero-order chi connectivity index (χ0) is 10.4. The third-order valence-electron chi connectivity index (χ3n) is 2.01. The molecule has 0 heterocycles. The molecule has 0 spiro atoms. The molecule has 84 valence electrons. The van der Waals surface area contributed by atoms with Gasteiger partial charge in [-0.05, 0) is 29.7 Å². The minimum atomic E-state index is 0. The molecular formula is C11H15ClFNO. The van der Waals surface area contributed by atoms with Gasteiger partial charge in [-0.25, -0.2) is 4.39 Å². The minimum Gasteiger partial charge on any atom is -0.497 e. The smallest absolute Gasteiger partial charge is 0.118 e. The molecule has 4 heteroatoms. The Bertz CT molecular complexity index is 311. The summed E-state index contributed by atoms with van der Waals surface area (Å²) in [4.78, 5) is 0. The van der Waals surface area contributed by atoms with Gasteiger partial charge >= 0.3 is 0 Å². The third-order valence-corrected chi connectivity index (χ3v) is 2.01. The summed E-state index contributed by atoms with van der Waals surface area (Å²) in [6.45, 7) is 0.253. The van der Waals surface area contributed by atoms with Crippen LogP contribution in [0.3, 0.4) is 0 Å². The lowest BCUT2D eigenvalue weighted by atomic mass is 10.1. The largest absolute Gasteiger partial charge is 0.497 e. The van der Waals surface area contributed by atoms with Crippen molar-refractivity contribution in [1.82, 2.24) is 0 Å². The Kier molecular flexibility index (Phi) is 6.75. The van der Waals surface area contributed by atoms with E-state index in [1.807, 2.05) is 24.3 Å². The van der Waals surface area contributed by atoms with Crippen LogP contribution >= 0.6 is 12.4 Å². The summed E-state index contributed by atoms with van der Waals surface area (Å²) >= 11 is 0. The van der Waals surface area contributed by atoms with Crippen LogP contribution in [-0.2, 0) is 6.42 Å². The molecule has 0 amide bonds. The first kappa shape index (κ1) is 13.9. The summed E-state index contributed by atoms with van der Waals surface area (Å²) in [6, 6.07) is 7.50. The van der Waals surface area contributed by atoms with Crippen LogP contribution in [0.1, 0.15) is 5.56 Å². The van der Waals surface area contributed by atoms with Gasteiger partial charge in [-0.3, -0.25) is 0 Å². The van der Waals surface area contributed by atoms with Crippen LogP contribution in [-0.4, -0.2) is 13.7 Å². The van der Waals surface area contributed by atoms with E-state index in [0.29, 0.717) is 18.3 Å². The lowest BCUT2D eigenvalue weighted by Gasteiger charge is -2.04. The fourth-order valence-electron chi connectivity index (χ4n) is 1.16. The van der Waals surface area contributed by atoms with Crippen LogP contribution < -0.4 is 10.5 Å². The zero-order valence-corrected chi connectivity index (χ0v) is 9.39. The van der Waals surface area contributed by atoms with E-state index in [2.05, 4.69) is 0 Å². The molecule has 0 aliphatic carbocycles. The average Bonchev–Trinajstić information content (AvgIpc) is 2.26. The van der Waals surface area contributed by atoms with Gasteiger partial charge < -0.3 is 10.5 Å². The summed E-state index contributed by atoms with van der Waals surface area (Å²) in [5.74, 6) is 0.798. The molecular weight excluding hydrogens is 217 g/mol. The molecule has 1 rings (SSSR count). The molecule has 0 fully saturated rings. The summed E-state index contributed by atoms with van der Waals surface area (Å²) < 4.78 is 17.2. The first-order valence-corrected chi connectivity index (χ1v) is 4.41. The molecule has 0 bridgehead atoms. The topological polar surface area (TPSA) is 35.2 Å². The molecule has 0 saturated carbocycles. The van der Waals surface area contributed by atoms with E-state index in [1.54, 1.807) is 7.11 Å². The van der Waals surface area contributed by atoms with E-state index in [4.69, 9.17) is 10.5 Å². The van der Waals surface area contributed by atoms with Crippen molar-refractivity contribution in [2.75, 3.05) is 13.7 Å². The standard InChI is InChI=1S/C11H14FNO.ClH/c1-14-11-4-2-9(3-5-11)6-10(7-12)8-13;/h2-5,7H,6,8,13H2,1H3;1H/b10-7+;. The Morgan fingerprint density at radius 1 is 1.40 bits per heavy atom. The van der Waals surface area contributed by atoms with Crippen molar-refractivity contribution in [2.45, 2.75) is 6.42 Å². The molecule has 15 heavy (non-hydrogen) atoms. The number of ether oxygens (including phenoxy) is 1. The van der Waals surface area contributed by atoms with Gasteiger partial charge in [0.2, 0.25) is 0 Å². The van der Waals surface area contributed by atoms with Crippen molar-refractivity contribution in [3.8, 4) is 5.75 Å². The highest BCUT2D eigenvalue weighted by Gasteiger charge is 1.98. The predicted molar refractivity (Wildman–Crippen MR) is 62.2 cm³/mol. The minimum absolute atomic E-state index is 0. The Labute approximate surface area is 95.3 Å². The summed E-state index contributed by atoms with van der Waals surface area (Å²) in [5.41, 5.74) is 6.97. The van der Waals surface area contributed by atoms with Crippen molar-refractivity contribution < 1.29 is 9.13 Å². The normalized spacial score (nSPS) is 10.7. The number of nitrogens with two attached hydrogens (primary N) is 1. The molecule has 0 aliphatic rings. The second-order valence-corrected chi connectivity index (χ2v) is 3.00. The third kappa shape index (κ3) is 4.32. The van der Waals surface area contributed by atoms with E-state index >= 15 is 0 Å². The molecule has 1 aromatic carbocycles. The number of rotatable bonds is 4. The van der Waals surface area contributed by atoms with E-state index in [1.165, 1.54) is 0 Å². The van der Waals surface area contributed by atoms with Crippen LogP contribution in [0.2, 0.25) is 0 Å². The molecule has 1 aromatic rings. The van der Waals surface area contributed by atoms with Gasteiger partial charge in [-0.2, -0.15) is 0 Å². The Balaban J connectivity index is 0.00000196. The number of benzene rings is 1. The van der Waals surface area contributed by atoms with Gasteiger partial charge in [0.15, 0.2) is 0 Å². The second kappa shape index (κ2) is 7.26. The van der Waals surface area contributed by atoms with Crippen LogP contribution in [0.25, 0.3) is 0 Å². The van der Waals surface area contributed by atoms with E-state index in [0.717, 1.165) is 11.3 Å². The highest BCUT2D eigenvalue weighted by molar-refractivity contribution is 5.85. The molecule has 0 aromatic heterocycles. The van der Waals surface area contributed by atoms with E-state index in [9.17, 15) is 4.39 Å². The molecule has 0 saturated heterocycles. The fourth-order valence-corrected chi connectivity index (χ4v) is 1.16. The SMILES string of the molecule is COc1ccc(C/C(=C\F)CN)cc1.Cl. The van der Waals surface area contributed by atoms with Gasteiger partial charge in [0.1, 0.15) is 5.75 Å². The quantitative estimate of drug-likeness (QED) is 0.864. The van der Waals surface area contributed by atoms with Crippen LogP contribution in [0.4, 0.5) is 4.39 Å². The van der Waals surface area contributed by atoms with Crippen molar-refractivity contribution in [3.63, 3.8) is 0 Å². The summed E-state index contributed by atoms with van der Waals surface area (Å²) in [7, 11) is 1.61. The van der Waals surface area contributed by atoms with Gasteiger partial charge in [0.05, 0.1) is 13.4 Å².